The van der Waals surface area contributed by atoms with E-state index >= 15 is 0 Å². The van der Waals surface area contributed by atoms with Crippen molar-refractivity contribution in [1.82, 2.24) is 10.2 Å². The van der Waals surface area contributed by atoms with Gasteiger partial charge in [-0.05, 0) is 31.2 Å². The quantitative estimate of drug-likeness (QED) is 0.280. The van der Waals surface area contributed by atoms with Gasteiger partial charge in [0.05, 0.1) is 23.7 Å². The summed E-state index contributed by atoms with van der Waals surface area (Å²) in [5, 5.41) is 31.6. The molecular formula is C18H13N5O5S. The number of amides is 1. The third kappa shape index (κ3) is 4.45. The Labute approximate surface area is 168 Å². The van der Waals surface area contributed by atoms with Gasteiger partial charge in [-0.1, -0.05) is 11.3 Å². The van der Waals surface area contributed by atoms with Crippen molar-refractivity contribution in [2.24, 2.45) is 0 Å². The average Bonchev–Trinajstić information content (AvgIpc) is 3.34. The van der Waals surface area contributed by atoms with Crippen LogP contribution in [0, 0.1) is 28.4 Å². The summed E-state index contributed by atoms with van der Waals surface area (Å²) < 4.78 is 10.6. The number of nitrogens with one attached hydrogen (secondary N) is 1. The van der Waals surface area contributed by atoms with Crippen LogP contribution in [0.1, 0.15) is 10.8 Å². The van der Waals surface area contributed by atoms with Crippen molar-refractivity contribution in [3.63, 3.8) is 0 Å². The van der Waals surface area contributed by atoms with Gasteiger partial charge in [-0.2, -0.15) is 5.26 Å². The Balaban J connectivity index is 1.88. The van der Waals surface area contributed by atoms with Crippen molar-refractivity contribution in [3.8, 4) is 23.1 Å². The molecule has 3 aromatic rings. The summed E-state index contributed by atoms with van der Waals surface area (Å²) in [6.45, 7) is 1.73. The van der Waals surface area contributed by atoms with Crippen LogP contribution in [-0.4, -0.2) is 28.1 Å². The normalized spacial score (nSPS) is 11.0. The van der Waals surface area contributed by atoms with Gasteiger partial charge in [0.25, 0.3) is 11.6 Å². The predicted molar refractivity (Wildman–Crippen MR) is 104 cm³/mol. The molecular weight excluding hydrogens is 398 g/mol. The molecule has 1 aromatic carbocycles. The van der Waals surface area contributed by atoms with Crippen molar-refractivity contribution >= 4 is 34.1 Å². The Morgan fingerprint density at radius 3 is 2.79 bits per heavy atom. The molecule has 10 nitrogen and oxygen atoms in total. The number of hydrogen-bond acceptors (Lipinski definition) is 9. The summed E-state index contributed by atoms with van der Waals surface area (Å²) in [6.07, 6.45) is 1.24. The number of rotatable bonds is 6. The van der Waals surface area contributed by atoms with Gasteiger partial charge >= 0.3 is 0 Å². The van der Waals surface area contributed by atoms with Crippen LogP contribution in [0.3, 0.4) is 0 Å². The molecule has 3 rings (SSSR count). The number of anilines is 1. The van der Waals surface area contributed by atoms with Gasteiger partial charge in [0.2, 0.25) is 5.13 Å². The minimum atomic E-state index is -0.669. The SMILES string of the molecule is COc1ccc(-c2ccc(C=C(C#N)C(=O)Nc3nnc(C)s3)o2)c([N+](=O)[O-])c1. The van der Waals surface area contributed by atoms with Crippen molar-refractivity contribution in [3.05, 3.63) is 56.8 Å². The number of benzene rings is 1. The molecule has 0 aliphatic carbocycles. The van der Waals surface area contributed by atoms with Gasteiger partial charge < -0.3 is 9.15 Å². The highest BCUT2D eigenvalue weighted by atomic mass is 32.1. The van der Waals surface area contributed by atoms with Gasteiger partial charge in [-0.3, -0.25) is 20.2 Å². The highest BCUT2D eigenvalue weighted by Gasteiger charge is 2.20. The molecule has 0 spiro atoms. The van der Waals surface area contributed by atoms with Crippen LogP contribution in [-0.2, 0) is 4.79 Å². The maximum absolute atomic E-state index is 12.2. The number of ether oxygens (including phenoxy) is 1. The zero-order chi connectivity index (χ0) is 21.0. The molecule has 29 heavy (non-hydrogen) atoms. The molecule has 0 aliphatic heterocycles. The number of nitriles is 1. The number of aromatic nitrogens is 2. The topological polar surface area (TPSA) is 144 Å². The first-order valence-corrected chi connectivity index (χ1v) is 8.89. The van der Waals surface area contributed by atoms with Crippen LogP contribution in [0.15, 0.2) is 40.3 Å². The largest absolute Gasteiger partial charge is 0.497 e. The molecule has 0 radical (unpaired) electrons. The summed E-state index contributed by atoms with van der Waals surface area (Å²) in [4.78, 5) is 23.0. The highest BCUT2D eigenvalue weighted by molar-refractivity contribution is 7.15. The molecule has 1 amide bonds. The summed E-state index contributed by atoms with van der Waals surface area (Å²) >= 11 is 1.17. The van der Waals surface area contributed by atoms with Crippen LogP contribution in [0.25, 0.3) is 17.4 Å². The monoisotopic (exact) mass is 411 g/mol. The standard InChI is InChI=1S/C18H13N5O5S/c1-10-21-22-18(29-10)20-17(24)11(9-19)7-13-4-6-16(28-13)14-5-3-12(27-2)8-15(14)23(25)26/h3-8H,1-2H3,(H,20,22,24). The zero-order valence-electron chi connectivity index (χ0n) is 15.2. The zero-order valence-corrected chi connectivity index (χ0v) is 16.0. The van der Waals surface area contributed by atoms with Crippen molar-refractivity contribution in [1.29, 1.82) is 5.26 Å². The lowest BCUT2D eigenvalue weighted by Gasteiger charge is -2.03. The Morgan fingerprint density at radius 2 is 2.17 bits per heavy atom. The van der Waals surface area contributed by atoms with Crippen LogP contribution in [0.5, 0.6) is 5.75 Å². The summed E-state index contributed by atoms with van der Waals surface area (Å²) in [7, 11) is 1.41. The highest BCUT2D eigenvalue weighted by Crippen LogP contribution is 2.34. The van der Waals surface area contributed by atoms with Gasteiger partial charge in [-0.15, -0.1) is 10.2 Å². The lowest BCUT2D eigenvalue weighted by atomic mass is 10.1. The third-order valence-electron chi connectivity index (χ3n) is 3.69. The fraction of sp³-hybridized carbons (Fsp3) is 0.111. The van der Waals surface area contributed by atoms with Crippen molar-refractivity contribution in [2.75, 3.05) is 12.4 Å². The molecule has 0 bridgehead atoms. The summed E-state index contributed by atoms with van der Waals surface area (Å²) in [5.74, 6) is 0.0628. The molecule has 0 saturated carbocycles. The summed E-state index contributed by atoms with van der Waals surface area (Å²) in [6, 6.07) is 9.16. The van der Waals surface area contributed by atoms with E-state index in [1.54, 1.807) is 19.1 Å². The molecule has 0 fully saturated rings. The number of aryl methyl sites for hydroxylation is 1. The first-order valence-electron chi connectivity index (χ1n) is 8.07. The fourth-order valence-corrected chi connectivity index (χ4v) is 2.96. The van der Waals surface area contributed by atoms with E-state index in [4.69, 9.17) is 9.15 Å². The Hall–Kier alpha value is -4.04. The number of nitro benzene ring substituents is 1. The van der Waals surface area contributed by atoms with E-state index in [2.05, 4.69) is 15.5 Å². The number of carbonyl (C=O) groups is 1. The fourth-order valence-electron chi connectivity index (χ4n) is 2.38. The number of furan rings is 1. The van der Waals surface area contributed by atoms with Crippen LogP contribution >= 0.6 is 11.3 Å². The number of hydrogen-bond donors (Lipinski definition) is 1. The molecule has 146 valence electrons. The lowest BCUT2D eigenvalue weighted by molar-refractivity contribution is -0.384. The van der Waals surface area contributed by atoms with E-state index in [-0.39, 0.29) is 33.5 Å². The maximum atomic E-state index is 12.2. The second kappa shape index (κ2) is 8.32. The Bertz CT molecular complexity index is 1160. The van der Waals surface area contributed by atoms with Crippen LogP contribution < -0.4 is 10.1 Å². The first kappa shape index (κ1) is 19.7. The van der Waals surface area contributed by atoms with Crippen molar-refractivity contribution in [2.45, 2.75) is 6.92 Å². The van der Waals surface area contributed by atoms with E-state index in [0.29, 0.717) is 10.8 Å². The van der Waals surface area contributed by atoms with Gasteiger partial charge in [-0.25, -0.2) is 0 Å². The molecule has 0 atom stereocenters. The van der Waals surface area contributed by atoms with Gasteiger partial charge in [0.1, 0.15) is 33.9 Å². The minimum absolute atomic E-state index is 0.185. The second-order valence-corrected chi connectivity index (χ2v) is 6.77. The van der Waals surface area contributed by atoms with Gasteiger partial charge in [0, 0.05) is 6.08 Å². The average molecular weight is 411 g/mol. The molecule has 1 N–H and O–H groups in total. The molecule has 0 unspecified atom stereocenters. The maximum Gasteiger partial charge on any atom is 0.284 e. The number of nitro groups is 1. The van der Waals surface area contributed by atoms with E-state index in [0.717, 1.165) is 0 Å². The molecule has 0 aliphatic rings. The number of carbonyl (C=O) groups excluding carboxylic acids is 1. The molecule has 2 aromatic heterocycles. The van der Waals surface area contributed by atoms with Crippen molar-refractivity contribution < 1.29 is 18.9 Å². The Morgan fingerprint density at radius 1 is 1.38 bits per heavy atom. The molecule has 0 saturated heterocycles. The second-order valence-electron chi connectivity index (χ2n) is 5.59. The minimum Gasteiger partial charge on any atom is -0.497 e. The molecule has 2 heterocycles. The van der Waals surface area contributed by atoms with Gasteiger partial charge in [0.15, 0.2) is 0 Å². The van der Waals surface area contributed by atoms with E-state index in [9.17, 15) is 20.2 Å². The van der Waals surface area contributed by atoms with Crippen LogP contribution in [0.2, 0.25) is 0 Å². The lowest BCUT2D eigenvalue weighted by Crippen LogP contribution is -2.13. The smallest absolute Gasteiger partial charge is 0.284 e. The molecule has 11 heteroatoms. The predicted octanol–water partition coefficient (Wildman–Crippen LogP) is 3.57. The number of nitrogens with zero attached hydrogens (tertiary/aromatic N) is 4. The summed E-state index contributed by atoms with van der Waals surface area (Å²) in [5.41, 5.74) is -0.176. The third-order valence-corrected chi connectivity index (χ3v) is 4.45. The van der Waals surface area contributed by atoms with E-state index in [1.807, 2.05) is 0 Å². The Kier molecular flexibility index (Phi) is 5.66. The number of methoxy groups -OCH3 is 1. The van der Waals surface area contributed by atoms with Crippen LogP contribution in [0.4, 0.5) is 10.8 Å². The van der Waals surface area contributed by atoms with E-state index < -0.39 is 10.8 Å². The first-order chi connectivity index (χ1) is 13.9. The van der Waals surface area contributed by atoms with E-state index in [1.165, 1.54) is 48.8 Å².